The zero-order valence-electron chi connectivity index (χ0n) is 9.32. The summed E-state index contributed by atoms with van der Waals surface area (Å²) in [5.41, 5.74) is 1.32. The highest BCUT2D eigenvalue weighted by molar-refractivity contribution is 5.80. The van der Waals surface area contributed by atoms with Crippen molar-refractivity contribution >= 4 is 10.9 Å². The zero-order chi connectivity index (χ0) is 11.0. The molecule has 3 nitrogen and oxygen atoms in total. The van der Waals surface area contributed by atoms with Gasteiger partial charge in [-0.3, -0.25) is 0 Å². The summed E-state index contributed by atoms with van der Waals surface area (Å²) in [4.78, 5) is 3.18. The van der Waals surface area contributed by atoms with Crippen molar-refractivity contribution in [2.75, 3.05) is 19.8 Å². The Balaban J connectivity index is 1.73. The maximum Gasteiger partial charge on any atom is 0.121 e. The van der Waals surface area contributed by atoms with Crippen LogP contribution < -0.4 is 4.74 Å². The van der Waals surface area contributed by atoms with E-state index in [0.717, 1.165) is 31.1 Å². The van der Waals surface area contributed by atoms with Crippen molar-refractivity contribution in [1.82, 2.24) is 4.98 Å². The van der Waals surface area contributed by atoms with Crippen LogP contribution in [0.2, 0.25) is 0 Å². The molecule has 1 aliphatic rings. The minimum absolute atomic E-state index is 0.199. The Morgan fingerprint density at radius 3 is 3.00 bits per heavy atom. The normalized spacial score (nSPS) is 18.3. The number of aromatic amines is 1. The Hall–Kier alpha value is -1.48. The van der Waals surface area contributed by atoms with Crippen molar-refractivity contribution in [2.45, 2.75) is 6.92 Å². The summed E-state index contributed by atoms with van der Waals surface area (Å²) in [7, 11) is 0. The second-order valence-corrected chi connectivity index (χ2v) is 4.82. The molecule has 3 rings (SSSR count). The Morgan fingerprint density at radius 2 is 2.25 bits per heavy atom. The maximum absolute atomic E-state index is 5.79. The number of nitrogens with one attached hydrogen (secondary N) is 1. The molecule has 3 heteroatoms. The number of benzene rings is 1. The molecule has 2 heterocycles. The van der Waals surface area contributed by atoms with Gasteiger partial charge in [0.25, 0.3) is 0 Å². The third kappa shape index (κ3) is 1.67. The van der Waals surface area contributed by atoms with E-state index in [-0.39, 0.29) is 5.41 Å². The van der Waals surface area contributed by atoms with Crippen molar-refractivity contribution in [2.24, 2.45) is 5.41 Å². The molecular weight excluding hydrogens is 202 g/mol. The van der Waals surface area contributed by atoms with E-state index < -0.39 is 0 Å². The molecule has 1 aromatic heterocycles. The van der Waals surface area contributed by atoms with Gasteiger partial charge < -0.3 is 14.5 Å². The first-order valence-electron chi connectivity index (χ1n) is 5.53. The summed E-state index contributed by atoms with van der Waals surface area (Å²) in [6, 6.07) is 8.18. The summed E-state index contributed by atoms with van der Waals surface area (Å²) in [6.45, 7) is 4.51. The SMILES string of the molecule is CC1(COc2ccc3cc[nH]c3c2)COC1. The third-order valence-electron chi connectivity index (χ3n) is 3.01. The molecule has 1 aliphatic heterocycles. The van der Waals surface area contributed by atoms with Crippen LogP contribution in [0, 0.1) is 5.41 Å². The van der Waals surface area contributed by atoms with Crippen molar-refractivity contribution < 1.29 is 9.47 Å². The van der Waals surface area contributed by atoms with Gasteiger partial charge in [0.05, 0.1) is 19.8 Å². The lowest BCUT2D eigenvalue weighted by atomic mass is 9.90. The lowest BCUT2D eigenvalue weighted by Gasteiger charge is -2.37. The standard InChI is InChI=1S/C13H15NO2/c1-13(7-15-8-13)9-16-11-3-2-10-4-5-14-12(10)6-11/h2-6,14H,7-9H2,1H3. The van der Waals surface area contributed by atoms with Gasteiger partial charge in [-0.05, 0) is 23.6 Å². The van der Waals surface area contributed by atoms with Gasteiger partial charge in [-0.25, -0.2) is 0 Å². The van der Waals surface area contributed by atoms with Gasteiger partial charge in [-0.15, -0.1) is 0 Å². The van der Waals surface area contributed by atoms with E-state index in [1.807, 2.05) is 18.3 Å². The van der Waals surface area contributed by atoms with Crippen LogP contribution in [0.25, 0.3) is 10.9 Å². The first-order chi connectivity index (χ1) is 7.75. The lowest BCUT2D eigenvalue weighted by Crippen LogP contribution is -2.44. The second kappa shape index (κ2) is 3.52. The average Bonchev–Trinajstić information content (AvgIpc) is 2.70. The third-order valence-corrected chi connectivity index (χ3v) is 3.01. The molecule has 1 fully saturated rings. The van der Waals surface area contributed by atoms with E-state index in [0.29, 0.717) is 0 Å². The number of aromatic nitrogens is 1. The fraction of sp³-hybridized carbons (Fsp3) is 0.385. The van der Waals surface area contributed by atoms with Crippen LogP contribution in [0.15, 0.2) is 30.5 Å². The van der Waals surface area contributed by atoms with Crippen LogP contribution in [0.4, 0.5) is 0 Å². The Labute approximate surface area is 94.4 Å². The van der Waals surface area contributed by atoms with Crippen LogP contribution in [-0.2, 0) is 4.74 Å². The highest BCUT2D eigenvalue weighted by Crippen LogP contribution is 2.28. The Morgan fingerprint density at radius 1 is 1.38 bits per heavy atom. The molecule has 16 heavy (non-hydrogen) atoms. The molecule has 0 spiro atoms. The summed E-state index contributed by atoms with van der Waals surface area (Å²) in [5, 5.41) is 1.21. The van der Waals surface area contributed by atoms with Crippen LogP contribution in [0.5, 0.6) is 5.75 Å². The molecular formula is C13H15NO2. The van der Waals surface area contributed by atoms with E-state index in [2.05, 4.69) is 24.0 Å². The Bertz CT molecular complexity index is 499. The fourth-order valence-corrected chi connectivity index (χ4v) is 1.91. The average molecular weight is 217 g/mol. The minimum atomic E-state index is 0.199. The molecule has 1 saturated heterocycles. The number of hydrogen-bond acceptors (Lipinski definition) is 2. The van der Waals surface area contributed by atoms with E-state index >= 15 is 0 Å². The molecule has 1 aromatic carbocycles. The number of rotatable bonds is 3. The fourth-order valence-electron chi connectivity index (χ4n) is 1.91. The van der Waals surface area contributed by atoms with Gasteiger partial charge in [0, 0.05) is 23.2 Å². The number of H-pyrrole nitrogens is 1. The van der Waals surface area contributed by atoms with E-state index in [9.17, 15) is 0 Å². The maximum atomic E-state index is 5.79. The molecule has 0 bridgehead atoms. The number of fused-ring (bicyclic) bond motifs is 1. The summed E-state index contributed by atoms with van der Waals surface area (Å²) in [5.74, 6) is 0.920. The monoisotopic (exact) mass is 217 g/mol. The molecule has 84 valence electrons. The van der Waals surface area contributed by atoms with Gasteiger partial charge in [0.1, 0.15) is 5.75 Å². The largest absolute Gasteiger partial charge is 0.493 e. The van der Waals surface area contributed by atoms with Gasteiger partial charge in [0.15, 0.2) is 0 Å². The predicted molar refractivity (Wildman–Crippen MR) is 62.7 cm³/mol. The van der Waals surface area contributed by atoms with E-state index in [1.165, 1.54) is 5.39 Å². The minimum Gasteiger partial charge on any atom is -0.493 e. The first-order valence-corrected chi connectivity index (χ1v) is 5.53. The smallest absolute Gasteiger partial charge is 0.121 e. The lowest BCUT2D eigenvalue weighted by molar-refractivity contribution is -0.120. The van der Waals surface area contributed by atoms with E-state index in [4.69, 9.17) is 9.47 Å². The quantitative estimate of drug-likeness (QED) is 0.857. The summed E-state index contributed by atoms with van der Waals surface area (Å²) in [6.07, 6.45) is 1.94. The first kappa shape index (κ1) is 9.73. The van der Waals surface area contributed by atoms with Gasteiger partial charge in [-0.2, -0.15) is 0 Å². The van der Waals surface area contributed by atoms with Crippen LogP contribution in [-0.4, -0.2) is 24.8 Å². The van der Waals surface area contributed by atoms with Gasteiger partial charge in [-0.1, -0.05) is 6.92 Å². The van der Waals surface area contributed by atoms with Gasteiger partial charge in [0.2, 0.25) is 0 Å². The highest BCUT2D eigenvalue weighted by Gasteiger charge is 2.34. The molecule has 0 amide bonds. The van der Waals surface area contributed by atoms with Crippen molar-refractivity contribution in [3.05, 3.63) is 30.5 Å². The van der Waals surface area contributed by atoms with Crippen molar-refractivity contribution in [3.63, 3.8) is 0 Å². The highest BCUT2D eigenvalue weighted by atomic mass is 16.5. The van der Waals surface area contributed by atoms with Crippen LogP contribution in [0.1, 0.15) is 6.92 Å². The van der Waals surface area contributed by atoms with E-state index in [1.54, 1.807) is 0 Å². The summed E-state index contributed by atoms with van der Waals surface area (Å²) < 4.78 is 11.0. The molecule has 0 radical (unpaired) electrons. The predicted octanol–water partition coefficient (Wildman–Crippen LogP) is 2.58. The number of ether oxygens (including phenoxy) is 2. The molecule has 0 aliphatic carbocycles. The molecule has 0 saturated carbocycles. The zero-order valence-corrected chi connectivity index (χ0v) is 9.32. The Kier molecular flexibility index (Phi) is 2.14. The second-order valence-electron chi connectivity index (χ2n) is 4.82. The number of hydrogen-bond donors (Lipinski definition) is 1. The van der Waals surface area contributed by atoms with Crippen molar-refractivity contribution in [1.29, 1.82) is 0 Å². The van der Waals surface area contributed by atoms with Crippen LogP contribution in [0.3, 0.4) is 0 Å². The van der Waals surface area contributed by atoms with Crippen LogP contribution >= 0.6 is 0 Å². The topological polar surface area (TPSA) is 34.2 Å². The summed E-state index contributed by atoms with van der Waals surface area (Å²) >= 11 is 0. The molecule has 1 N–H and O–H groups in total. The molecule has 0 unspecified atom stereocenters. The van der Waals surface area contributed by atoms with Crippen molar-refractivity contribution in [3.8, 4) is 5.75 Å². The van der Waals surface area contributed by atoms with Gasteiger partial charge >= 0.3 is 0 Å². The molecule has 0 atom stereocenters. The molecule has 2 aromatic rings.